The zero-order valence-electron chi connectivity index (χ0n) is 29.8. The second kappa shape index (κ2) is 29.2. The van der Waals surface area contributed by atoms with Crippen molar-refractivity contribution >= 4 is 19.8 Å². The van der Waals surface area contributed by atoms with Gasteiger partial charge >= 0.3 is 11.9 Å². The van der Waals surface area contributed by atoms with E-state index in [-0.39, 0.29) is 32.0 Å². The number of likely N-dealkylation sites (N-methyl/N-ethyl adjacent to an activating group) is 1. The first-order chi connectivity index (χ1) is 21.5. The molecule has 0 fully saturated rings. The third-order valence-electron chi connectivity index (χ3n) is 7.88. The SMILES string of the molecule is CCCCCCCCCCCCCCCCCC(=O)OC[C@H](COP(=O)([O-])OCC[N+](C)(C)C)OC(=O)CCCCCCCC. The van der Waals surface area contributed by atoms with Crippen LogP contribution in [0.5, 0.6) is 0 Å². The Morgan fingerprint density at radius 3 is 1.42 bits per heavy atom. The van der Waals surface area contributed by atoms with Crippen molar-refractivity contribution in [3.63, 3.8) is 0 Å². The number of quaternary nitrogens is 1. The molecule has 0 bridgehead atoms. The van der Waals surface area contributed by atoms with Crippen molar-refractivity contribution in [2.24, 2.45) is 0 Å². The Kier molecular flexibility index (Phi) is 28.5. The van der Waals surface area contributed by atoms with Crippen LogP contribution >= 0.6 is 7.82 Å². The smallest absolute Gasteiger partial charge is 0.306 e. The molecule has 0 aliphatic carbocycles. The number of carbonyl (C=O) groups is 2. The Bertz CT molecular complexity index is 758. The number of hydrogen-bond acceptors (Lipinski definition) is 8. The first kappa shape index (κ1) is 44.0. The fourth-order valence-corrected chi connectivity index (χ4v) is 5.68. The summed E-state index contributed by atoms with van der Waals surface area (Å²) in [6.07, 6.45) is 24.4. The lowest BCUT2D eigenvalue weighted by atomic mass is 10.0. The van der Waals surface area contributed by atoms with Gasteiger partial charge < -0.3 is 27.9 Å². The van der Waals surface area contributed by atoms with Crippen LogP contribution in [0, 0.1) is 0 Å². The Labute approximate surface area is 276 Å². The average Bonchev–Trinajstić information content (AvgIpc) is 2.97. The highest BCUT2D eigenvalue weighted by molar-refractivity contribution is 7.45. The fraction of sp³-hybridized carbons (Fsp3) is 0.943. The van der Waals surface area contributed by atoms with E-state index in [0.29, 0.717) is 17.4 Å². The molecule has 0 aromatic carbocycles. The molecule has 0 N–H and O–H groups in total. The average molecular weight is 664 g/mol. The molecule has 0 spiro atoms. The minimum atomic E-state index is -4.60. The summed E-state index contributed by atoms with van der Waals surface area (Å²) < 4.78 is 33.5. The molecule has 0 aliphatic heterocycles. The summed E-state index contributed by atoms with van der Waals surface area (Å²) in [6, 6.07) is 0. The normalized spacial score (nSPS) is 13.8. The maximum Gasteiger partial charge on any atom is 0.306 e. The van der Waals surface area contributed by atoms with Crippen molar-refractivity contribution in [3.8, 4) is 0 Å². The van der Waals surface area contributed by atoms with Crippen LogP contribution in [0.15, 0.2) is 0 Å². The van der Waals surface area contributed by atoms with Gasteiger partial charge in [0.1, 0.15) is 19.8 Å². The fourth-order valence-electron chi connectivity index (χ4n) is 4.95. The predicted octanol–water partition coefficient (Wildman–Crippen LogP) is 8.66. The number of ether oxygens (including phenoxy) is 2. The molecule has 2 atom stereocenters. The zero-order chi connectivity index (χ0) is 33.7. The van der Waals surface area contributed by atoms with Crippen LogP contribution in [0.3, 0.4) is 0 Å². The summed E-state index contributed by atoms with van der Waals surface area (Å²) in [5.74, 6) is -0.838. The van der Waals surface area contributed by atoms with Gasteiger partial charge in [-0.15, -0.1) is 0 Å². The molecule has 0 saturated heterocycles. The van der Waals surface area contributed by atoms with Crippen molar-refractivity contribution in [3.05, 3.63) is 0 Å². The number of hydrogen-bond donors (Lipinski definition) is 0. The van der Waals surface area contributed by atoms with Gasteiger partial charge in [-0.1, -0.05) is 136 Å². The van der Waals surface area contributed by atoms with E-state index in [1.165, 1.54) is 83.5 Å². The van der Waals surface area contributed by atoms with Crippen LogP contribution < -0.4 is 4.89 Å². The topological polar surface area (TPSA) is 111 Å². The van der Waals surface area contributed by atoms with Crippen LogP contribution in [0.1, 0.15) is 162 Å². The number of carbonyl (C=O) groups excluding carboxylic acids is 2. The first-order valence-corrected chi connectivity index (χ1v) is 19.7. The highest BCUT2D eigenvalue weighted by atomic mass is 31.2. The summed E-state index contributed by atoms with van der Waals surface area (Å²) in [7, 11) is 1.17. The lowest BCUT2D eigenvalue weighted by Gasteiger charge is -2.28. The minimum absolute atomic E-state index is 0.0268. The molecule has 10 heteroatoms. The monoisotopic (exact) mass is 663 g/mol. The molecule has 1 unspecified atom stereocenters. The Morgan fingerprint density at radius 2 is 1.00 bits per heavy atom. The van der Waals surface area contributed by atoms with Gasteiger partial charge in [-0.05, 0) is 12.8 Å². The minimum Gasteiger partial charge on any atom is -0.756 e. The molecule has 45 heavy (non-hydrogen) atoms. The van der Waals surface area contributed by atoms with E-state index in [2.05, 4.69) is 13.8 Å². The van der Waals surface area contributed by atoms with Gasteiger partial charge in [0, 0.05) is 12.8 Å². The first-order valence-electron chi connectivity index (χ1n) is 18.2. The molecule has 0 amide bonds. The molecular weight excluding hydrogens is 593 g/mol. The highest BCUT2D eigenvalue weighted by Gasteiger charge is 2.21. The molecule has 0 aromatic rings. The Morgan fingerprint density at radius 1 is 0.600 bits per heavy atom. The number of nitrogens with zero attached hydrogens (tertiary/aromatic N) is 1. The van der Waals surface area contributed by atoms with Crippen molar-refractivity contribution in [2.75, 3.05) is 47.5 Å². The third kappa shape index (κ3) is 32.7. The van der Waals surface area contributed by atoms with Gasteiger partial charge in [-0.3, -0.25) is 14.2 Å². The number of esters is 2. The molecule has 0 heterocycles. The number of phosphoric acid groups is 1. The van der Waals surface area contributed by atoms with Crippen LogP contribution in [0.4, 0.5) is 0 Å². The van der Waals surface area contributed by atoms with Gasteiger partial charge in [0.15, 0.2) is 6.10 Å². The largest absolute Gasteiger partial charge is 0.756 e. The Hall–Kier alpha value is -0.990. The quantitative estimate of drug-likeness (QED) is 0.0297. The van der Waals surface area contributed by atoms with Crippen LogP contribution in [0.25, 0.3) is 0 Å². The van der Waals surface area contributed by atoms with Crippen molar-refractivity contribution in [1.29, 1.82) is 0 Å². The lowest BCUT2D eigenvalue weighted by molar-refractivity contribution is -0.870. The molecule has 0 rings (SSSR count). The van der Waals surface area contributed by atoms with Crippen molar-refractivity contribution in [2.45, 2.75) is 168 Å². The summed E-state index contributed by atoms with van der Waals surface area (Å²) in [6.45, 7) is 4.15. The molecule has 0 aliphatic rings. The van der Waals surface area contributed by atoms with Gasteiger partial charge in [0.2, 0.25) is 0 Å². The predicted molar refractivity (Wildman–Crippen MR) is 181 cm³/mol. The maximum atomic E-state index is 12.4. The lowest BCUT2D eigenvalue weighted by Crippen LogP contribution is -2.37. The second-order valence-corrected chi connectivity index (χ2v) is 15.0. The van der Waals surface area contributed by atoms with E-state index in [9.17, 15) is 19.0 Å². The second-order valence-electron chi connectivity index (χ2n) is 13.6. The van der Waals surface area contributed by atoms with E-state index in [4.69, 9.17) is 18.5 Å². The summed E-state index contributed by atoms with van der Waals surface area (Å²) in [4.78, 5) is 37.0. The third-order valence-corrected chi connectivity index (χ3v) is 8.84. The number of unbranched alkanes of at least 4 members (excludes halogenated alkanes) is 19. The molecule has 0 aromatic heterocycles. The molecule has 268 valence electrons. The van der Waals surface area contributed by atoms with E-state index >= 15 is 0 Å². The maximum absolute atomic E-state index is 12.4. The molecule has 9 nitrogen and oxygen atoms in total. The molecule has 0 radical (unpaired) electrons. The van der Waals surface area contributed by atoms with Crippen LogP contribution in [0.2, 0.25) is 0 Å². The van der Waals surface area contributed by atoms with Crippen molar-refractivity contribution in [1.82, 2.24) is 0 Å². The molecular formula is C35H70NO8P. The standard InChI is InChI=1S/C35H70NO8P/c1-6-8-10-12-14-15-16-17-18-19-20-21-22-24-25-27-34(37)41-31-33(44-35(38)28-26-23-13-11-9-7-2)32-43-45(39,40)42-30-29-36(3,4)5/h33H,6-32H2,1-5H3/t33-/m1/s1. The Balaban J connectivity index is 4.29. The van der Waals surface area contributed by atoms with Crippen molar-refractivity contribution < 1.29 is 42.1 Å². The van der Waals surface area contributed by atoms with Crippen LogP contribution in [-0.4, -0.2) is 70.0 Å². The van der Waals surface area contributed by atoms with Gasteiger partial charge in [-0.2, -0.15) is 0 Å². The van der Waals surface area contributed by atoms with E-state index in [1.54, 1.807) is 0 Å². The summed E-state index contributed by atoms with van der Waals surface area (Å²) in [5.41, 5.74) is 0. The zero-order valence-corrected chi connectivity index (χ0v) is 30.7. The number of phosphoric ester groups is 1. The van der Waals surface area contributed by atoms with Gasteiger partial charge in [-0.25, -0.2) is 0 Å². The summed E-state index contributed by atoms with van der Waals surface area (Å²) >= 11 is 0. The number of rotatable bonds is 33. The van der Waals surface area contributed by atoms with E-state index in [1.807, 2.05) is 21.1 Å². The van der Waals surface area contributed by atoms with Gasteiger partial charge in [0.05, 0.1) is 27.7 Å². The van der Waals surface area contributed by atoms with E-state index in [0.717, 1.165) is 44.9 Å². The van der Waals surface area contributed by atoms with E-state index < -0.39 is 26.5 Å². The van der Waals surface area contributed by atoms with Gasteiger partial charge in [0.25, 0.3) is 7.82 Å². The molecule has 0 saturated carbocycles. The summed E-state index contributed by atoms with van der Waals surface area (Å²) in [5, 5.41) is 0. The highest BCUT2D eigenvalue weighted by Crippen LogP contribution is 2.38. The van der Waals surface area contributed by atoms with Crippen LogP contribution in [-0.2, 0) is 32.7 Å².